The van der Waals surface area contributed by atoms with Gasteiger partial charge in [-0.1, -0.05) is 58.4 Å². The van der Waals surface area contributed by atoms with Crippen molar-refractivity contribution in [2.75, 3.05) is 0 Å². The fourth-order valence-electron chi connectivity index (χ4n) is 8.60. The zero-order chi connectivity index (χ0) is 23.2. The summed E-state index contributed by atoms with van der Waals surface area (Å²) in [6.45, 7) is 13.9. The Morgan fingerprint density at radius 3 is 1.56 bits per heavy atom. The summed E-state index contributed by atoms with van der Waals surface area (Å²) in [5.41, 5.74) is 5.98. The van der Waals surface area contributed by atoms with Gasteiger partial charge in [-0.25, -0.2) is 0 Å². The van der Waals surface area contributed by atoms with Crippen LogP contribution >= 0.6 is 0 Å². The van der Waals surface area contributed by atoms with Crippen LogP contribution in [0.25, 0.3) is 0 Å². The zero-order valence-corrected chi connectivity index (χ0v) is 20.8. The van der Waals surface area contributed by atoms with Gasteiger partial charge in [-0.05, 0) is 114 Å². The lowest BCUT2D eigenvalue weighted by molar-refractivity contribution is -0.183. The second-order valence-corrected chi connectivity index (χ2v) is 13.0. The monoisotopic (exact) mass is 432 g/mol. The Bertz CT molecular complexity index is 1010. The smallest absolute Gasteiger partial charge is 0.118 e. The Labute approximate surface area is 194 Å². The SMILES string of the molecule is CCC12CC3(c4ccc(O)c(C)c4)CC(c4ccc(O)c(C)c4)(C1)CC(C(C)(C)C)(C2)C3. The molecular formula is C30H40O2. The van der Waals surface area contributed by atoms with Gasteiger partial charge in [0.05, 0.1) is 0 Å². The van der Waals surface area contributed by atoms with Crippen molar-refractivity contribution in [1.29, 1.82) is 0 Å². The molecule has 4 fully saturated rings. The molecule has 32 heavy (non-hydrogen) atoms. The molecule has 172 valence electrons. The molecule has 0 aliphatic heterocycles. The molecular weight excluding hydrogens is 392 g/mol. The Hall–Kier alpha value is -1.96. The van der Waals surface area contributed by atoms with Crippen molar-refractivity contribution in [2.24, 2.45) is 16.2 Å². The van der Waals surface area contributed by atoms with E-state index in [0.717, 1.165) is 11.1 Å². The average molecular weight is 433 g/mol. The topological polar surface area (TPSA) is 40.5 Å². The minimum Gasteiger partial charge on any atom is -0.508 e. The van der Waals surface area contributed by atoms with Gasteiger partial charge in [-0.2, -0.15) is 0 Å². The number of phenols is 2. The highest BCUT2D eigenvalue weighted by Crippen LogP contribution is 2.78. The molecule has 0 aromatic heterocycles. The molecule has 2 atom stereocenters. The van der Waals surface area contributed by atoms with Crippen molar-refractivity contribution in [3.63, 3.8) is 0 Å². The van der Waals surface area contributed by atoms with Gasteiger partial charge in [0.25, 0.3) is 0 Å². The molecule has 0 spiro atoms. The van der Waals surface area contributed by atoms with E-state index in [4.69, 9.17) is 0 Å². The van der Waals surface area contributed by atoms with Crippen LogP contribution in [-0.2, 0) is 10.8 Å². The highest BCUT2D eigenvalue weighted by atomic mass is 16.3. The van der Waals surface area contributed by atoms with Crippen molar-refractivity contribution in [3.8, 4) is 11.5 Å². The first-order chi connectivity index (χ1) is 14.9. The number of phenolic OH excluding ortho intramolecular Hbond substituents is 2. The summed E-state index contributed by atoms with van der Waals surface area (Å²) in [4.78, 5) is 0. The van der Waals surface area contributed by atoms with Crippen LogP contribution in [0, 0.1) is 30.1 Å². The minimum atomic E-state index is 0.141. The lowest BCUT2D eigenvalue weighted by Gasteiger charge is -2.74. The highest BCUT2D eigenvalue weighted by Gasteiger charge is 2.70. The van der Waals surface area contributed by atoms with Crippen LogP contribution in [0.1, 0.15) is 94.9 Å². The van der Waals surface area contributed by atoms with Crippen molar-refractivity contribution in [1.82, 2.24) is 0 Å². The van der Waals surface area contributed by atoms with Crippen molar-refractivity contribution >= 4 is 0 Å². The molecule has 0 amide bonds. The predicted molar refractivity (Wildman–Crippen MR) is 131 cm³/mol. The van der Waals surface area contributed by atoms with Gasteiger partial charge in [0, 0.05) is 0 Å². The van der Waals surface area contributed by atoms with Crippen LogP contribution in [0.15, 0.2) is 36.4 Å². The predicted octanol–water partition coefficient (Wildman–Crippen LogP) is 7.70. The number of aromatic hydroxyl groups is 2. The van der Waals surface area contributed by atoms with Crippen LogP contribution in [0.5, 0.6) is 11.5 Å². The number of hydrogen-bond acceptors (Lipinski definition) is 2. The molecule has 4 saturated carbocycles. The Morgan fingerprint density at radius 2 is 1.19 bits per heavy atom. The second-order valence-electron chi connectivity index (χ2n) is 13.0. The van der Waals surface area contributed by atoms with Gasteiger partial charge in [0.15, 0.2) is 0 Å². The van der Waals surface area contributed by atoms with E-state index in [0.29, 0.717) is 16.9 Å². The molecule has 4 bridgehead atoms. The third kappa shape index (κ3) is 2.90. The minimum absolute atomic E-state index is 0.141. The van der Waals surface area contributed by atoms with Gasteiger partial charge < -0.3 is 10.2 Å². The van der Waals surface area contributed by atoms with E-state index in [1.165, 1.54) is 56.1 Å². The van der Waals surface area contributed by atoms with E-state index in [1.54, 1.807) is 0 Å². The van der Waals surface area contributed by atoms with Crippen molar-refractivity contribution in [3.05, 3.63) is 58.7 Å². The summed E-state index contributed by atoms with van der Waals surface area (Å²) in [5.74, 6) is 0.802. The Morgan fingerprint density at radius 1 is 0.719 bits per heavy atom. The van der Waals surface area contributed by atoms with E-state index in [1.807, 2.05) is 26.0 Å². The van der Waals surface area contributed by atoms with Crippen LogP contribution in [0.3, 0.4) is 0 Å². The average Bonchev–Trinajstić information content (AvgIpc) is 2.70. The molecule has 6 rings (SSSR count). The molecule has 2 aromatic rings. The number of aryl methyl sites for hydroxylation is 2. The van der Waals surface area contributed by atoms with Crippen LogP contribution < -0.4 is 0 Å². The quantitative estimate of drug-likeness (QED) is 0.521. The third-order valence-electron chi connectivity index (χ3n) is 10.1. The molecule has 0 radical (unpaired) electrons. The molecule has 2 heteroatoms. The lowest BCUT2D eigenvalue weighted by Crippen LogP contribution is -2.66. The zero-order valence-electron chi connectivity index (χ0n) is 20.8. The van der Waals surface area contributed by atoms with Gasteiger partial charge in [0.1, 0.15) is 11.5 Å². The summed E-state index contributed by atoms with van der Waals surface area (Å²) in [7, 11) is 0. The first-order valence-electron chi connectivity index (χ1n) is 12.5. The first kappa shape index (κ1) is 21.9. The van der Waals surface area contributed by atoms with Crippen LogP contribution in [-0.4, -0.2) is 10.2 Å². The number of rotatable bonds is 3. The Kier molecular flexibility index (Phi) is 4.48. The van der Waals surface area contributed by atoms with E-state index in [9.17, 15) is 10.2 Å². The molecule has 2 aromatic carbocycles. The summed E-state index contributed by atoms with van der Waals surface area (Å²) in [6, 6.07) is 12.8. The molecule has 2 N–H and O–H groups in total. The molecule has 0 saturated heterocycles. The summed E-state index contributed by atoms with van der Waals surface area (Å²) >= 11 is 0. The third-order valence-corrected chi connectivity index (χ3v) is 10.1. The maximum absolute atomic E-state index is 10.3. The fourth-order valence-corrected chi connectivity index (χ4v) is 8.60. The molecule has 0 heterocycles. The summed E-state index contributed by atoms with van der Waals surface area (Å²) < 4.78 is 0. The van der Waals surface area contributed by atoms with Gasteiger partial charge in [-0.3, -0.25) is 0 Å². The highest BCUT2D eigenvalue weighted by molar-refractivity contribution is 5.46. The van der Waals surface area contributed by atoms with E-state index < -0.39 is 0 Å². The Balaban J connectivity index is 1.76. The van der Waals surface area contributed by atoms with E-state index >= 15 is 0 Å². The molecule has 2 unspecified atom stereocenters. The standard InChI is InChI=1S/C30H40O2/c1-7-27-14-28(22-8-10-24(31)20(2)12-22)17-29(15-27,23-9-11-25(32)21(3)13-23)19-30(16-27,18-28)26(4,5)6/h8-13,31-32H,7,14-19H2,1-6H3. The van der Waals surface area contributed by atoms with E-state index in [2.05, 4.69) is 52.0 Å². The maximum atomic E-state index is 10.3. The largest absolute Gasteiger partial charge is 0.508 e. The van der Waals surface area contributed by atoms with Crippen molar-refractivity contribution < 1.29 is 10.2 Å². The summed E-state index contributed by atoms with van der Waals surface area (Å²) in [6.07, 6.45) is 8.74. The number of hydrogen-bond donors (Lipinski definition) is 2. The van der Waals surface area contributed by atoms with Gasteiger partial charge in [0.2, 0.25) is 0 Å². The van der Waals surface area contributed by atoms with Crippen LogP contribution in [0.4, 0.5) is 0 Å². The molecule has 4 aliphatic carbocycles. The normalized spacial score (nSPS) is 35.9. The second kappa shape index (κ2) is 6.55. The maximum Gasteiger partial charge on any atom is 0.118 e. The molecule has 4 aliphatic rings. The summed E-state index contributed by atoms with van der Waals surface area (Å²) in [5, 5.41) is 20.5. The van der Waals surface area contributed by atoms with E-state index in [-0.39, 0.29) is 21.7 Å². The number of benzene rings is 2. The van der Waals surface area contributed by atoms with Crippen LogP contribution in [0.2, 0.25) is 0 Å². The first-order valence-corrected chi connectivity index (χ1v) is 12.5. The fraction of sp³-hybridized carbons (Fsp3) is 0.600. The van der Waals surface area contributed by atoms with Crippen molar-refractivity contribution in [2.45, 2.75) is 97.3 Å². The molecule has 2 nitrogen and oxygen atoms in total. The van der Waals surface area contributed by atoms with Gasteiger partial charge >= 0.3 is 0 Å². The lowest BCUT2D eigenvalue weighted by atomic mass is 9.30. The van der Waals surface area contributed by atoms with Gasteiger partial charge in [-0.15, -0.1) is 0 Å².